The maximum Gasteiger partial charge on any atom is 0.249 e. The molecular formula is C20H21Cl2NOS. The van der Waals surface area contributed by atoms with E-state index in [0.29, 0.717) is 0 Å². The fourth-order valence-electron chi connectivity index (χ4n) is 2.93. The first-order chi connectivity index (χ1) is 11.6. The summed E-state index contributed by atoms with van der Waals surface area (Å²) in [5.74, 6) is 1.03. The van der Waals surface area contributed by atoms with Crippen LogP contribution in [0.3, 0.4) is 0 Å². The van der Waals surface area contributed by atoms with E-state index in [1.165, 1.54) is 16.0 Å². The van der Waals surface area contributed by atoms with Gasteiger partial charge in [0, 0.05) is 35.3 Å². The van der Waals surface area contributed by atoms with Crippen molar-refractivity contribution < 1.29 is 4.79 Å². The fourth-order valence-corrected chi connectivity index (χ4v) is 4.11. The summed E-state index contributed by atoms with van der Waals surface area (Å²) in [5, 5.41) is 0.731. The lowest BCUT2D eigenvalue weighted by Gasteiger charge is -2.18. The van der Waals surface area contributed by atoms with Crippen molar-refractivity contribution in [3.8, 4) is 0 Å². The Labute approximate surface area is 164 Å². The molecule has 0 aromatic heterocycles. The second kappa shape index (κ2) is 8.79. The predicted octanol–water partition coefficient (Wildman–Crippen LogP) is 5.34. The third-order valence-electron chi connectivity index (χ3n) is 4.14. The first-order valence-corrected chi connectivity index (χ1v) is 9.33. The number of rotatable bonds is 3. The molecule has 132 valence electrons. The summed E-state index contributed by atoms with van der Waals surface area (Å²) in [4.78, 5) is 15.7. The number of hydrogen-bond acceptors (Lipinski definition) is 2. The highest BCUT2D eigenvalue weighted by Crippen LogP contribution is 2.37. The molecule has 0 saturated carbocycles. The first-order valence-electron chi connectivity index (χ1n) is 7.96. The van der Waals surface area contributed by atoms with Crippen molar-refractivity contribution in [2.45, 2.75) is 17.7 Å². The van der Waals surface area contributed by atoms with Crippen LogP contribution in [0.2, 0.25) is 5.02 Å². The van der Waals surface area contributed by atoms with Gasteiger partial charge in [0.15, 0.2) is 0 Å². The van der Waals surface area contributed by atoms with Gasteiger partial charge in [-0.3, -0.25) is 4.79 Å². The van der Waals surface area contributed by atoms with Crippen LogP contribution in [0.25, 0.3) is 5.57 Å². The maximum absolute atomic E-state index is 12.8. The molecule has 0 radical (unpaired) electrons. The minimum absolute atomic E-state index is 0. The molecule has 1 heterocycles. The Bertz CT molecular complexity index is 785. The number of fused-ring (bicyclic) bond motifs is 1. The standard InChI is InChI=1S/C20H20ClNOS.ClH/c1-22(2)20(23)17-11-12-24-19-6-4-3-5-16(19)18(17)13-14-7-9-15(21)10-8-14;/h3-10H,11-13H2,1-2H3;1H. The van der Waals surface area contributed by atoms with Crippen LogP contribution in [0.15, 0.2) is 59.0 Å². The zero-order chi connectivity index (χ0) is 17.1. The van der Waals surface area contributed by atoms with Crippen LogP contribution < -0.4 is 0 Å². The molecule has 2 nitrogen and oxygen atoms in total. The van der Waals surface area contributed by atoms with Crippen LogP contribution in [-0.2, 0) is 11.2 Å². The summed E-state index contributed by atoms with van der Waals surface area (Å²) in [6.07, 6.45) is 1.53. The molecule has 1 amide bonds. The Morgan fingerprint density at radius 2 is 1.80 bits per heavy atom. The van der Waals surface area contributed by atoms with Crippen LogP contribution in [0.5, 0.6) is 0 Å². The monoisotopic (exact) mass is 393 g/mol. The number of thioether (sulfide) groups is 1. The molecule has 0 N–H and O–H groups in total. The Hall–Kier alpha value is -1.42. The zero-order valence-corrected chi connectivity index (χ0v) is 16.7. The Kier molecular flexibility index (Phi) is 7.00. The van der Waals surface area contributed by atoms with E-state index in [9.17, 15) is 4.79 Å². The molecule has 25 heavy (non-hydrogen) atoms. The molecule has 0 atom stereocenters. The molecule has 2 aromatic carbocycles. The summed E-state index contributed by atoms with van der Waals surface area (Å²) >= 11 is 7.83. The highest BCUT2D eigenvalue weighted by molar-refractivity contribution is 7.99. The number of amides is 1. The number of likely N-dealkylation sites (N-methyl/N-ethyl adjacent to an activating group) is 1. The van der Waals surface area contributed by atoms with E-state index in [1.54, 1.807) is 4.90 Å². The molecule has 0 unspecified atom stereocenters. The van der Waals surface area contributed by atoms with E-state index in [-0.39, 0.29) is 18.3 Å². The van der Waals surface area contributed by atoms with Gasteiger partial charge >= 0.3 is 0 Å². The lowest BCUT2D eigenvalue weighted by molar-refractivity contribution is -0.124. The van der Waals surface area contributed by atoms with Crippen molar-refractivity contribution in [1.82, 2.24) is 4.90 Å². The Morgan fingerprint density at radius 1 is 1.12 bits per heavy atom. The smallest absolute Gasteiger partial charge is 0.249 e. The molecule has 5 heteroatoms. The van der Waals surface area contributed by atoms with Gasteiger partial charge in [-0.2, -0.15) is 0 Å². The van der Waals surface area contributed by atoms with Crippen LogP contribution in [0, 0.1) is 0 Å². The summed E-state index contributed by atoms with van der Waals surface area (Å²) in [5.41, 5.74) is 4.41. The third kappa shape index (κ3) is 4.60. The first kappa shape index (κ1) is 19.9. The molecule has 0 bridgehead atoms. The van der Waals surface area contributed by atoms with Gasteiger partial charge in [-0.25, -0.2) is 0 Å². The van der Waals surface area contributed by atoms with Gasteiger partial charge in [0.25, 0.3) is 0 Å². The average Bonchev–Trinajstić information content (AvgIpc) is 2.76. The van der Waals surface area contributed by atoms with E-state index in [1.807, 2.05) is 56.2 Å². The van der Waals surface area contributed by atoms with Crippen molar-refractivity contribution in [3.05, 3.63) is 70.3 Å². The Balaban J connectivity index is 0.00000225. The van der Waals surface area contributed by atoms with E-state index in [4.69, 9.17) is 11.6 Å². The van der Waals surface area contributed by atoms with Crippen LogP contribution in [0.4, 0.5) is 0 Å². The molecule has 0 aliphatic carbocycles. The van der Waals surface area contributed by atoms with Crippen molar-refractivity contribution in [2.24, 2.45) is 0 Å². The molecule has 1 aliphatic rings. The van der Waals surface area contributed by atoms with Crippen LogP contribution >= 0.6 is 35.8 Å². The topological polar surface area (TPSA) is 20.3 Å². The molecule has 0 spiro atoms. The number of allylic oxidation sites excluding steroid dienone is 1. The average molecular weight is 394 g/mol. The molecule has 1 aliphatic heterocycles. The van der Waals surface area contributed by atoms with E-state index >= 15 is 0 Å². The molecular weight excluding hydrogens is 373 g/mol. The molecule has 2 aromatic rings. The predicted molar refractivity (Wildman–Crippen MR) is 110 cm³/mol. The number of carbonyl (C=O) groups is 1. The van der Waals surface area contributed by atoms with E-state index in [2.05, 4.69) is 18.2 Å². The van der Waals surface area contributed by atoms with E-state index < -0.39 is 0 Å². The normalized spacial score (nSPS) is 13.6. The number of nitrogens with zero attached hydrogens (tertiary/aromatic N) is 1. The van der Waals surface area contributed by atoms with Crippen LogP contribution in [0.1, 0.15) is 17.5 Å². The SMILES string of the molecule is CN(C)C(=O)C1=C(Cc2ccc(Cl)cc2)c2ccccc2SCC1.Cl. The number of benzene rings is 2. The minimum Gasteiger partial charge on any atom is -0.345 e. The van der Waals surface area contributed by atoms with Crippen LogP contribution in [-0.4, -0.2) is 30.7 Å². The minimum atomic E-state index is 0. The van der Waals surface area contributed by atoms with Crippen molar-refractivity contribution in [3.63, 3.8) is 0 Å². The molecule has 0 fully saturated rings. The van der Waals surface area contributed by atoms with Crippen molar-refractivity contribution in [2.75, 3.05) is 19.8 Å². The van der Waals surface area contributed by atoms with Crippen molar-refractivity contribution >= 4 is 47.3 Å². The summed E-state index contributed by atoms with van der Waals surface area (Å²) < 4.78 is 0. The van der Waals surface area contributed by atoms with Gasteiger partial charge in [0.2, 0.25) is 5.91 Å². The fraction of sp³-hybridized carbons (Fsp3) is 0.250. The largest absolute Gasteiger partial charge is 0.345 e. The highest BCUT2D eigenvalue weighted by Gasteiger charge is 2.23. The third-order valence-corrected chi connectivity index (χ3v) is 5.47. The number of carbonyl (C=O) groups excluding carboxylic acids is 1. The lowest BCUT2D eigenvalue weighted by Crippen LogP contribution is -2.24. The summed E-state index contributed by atoms with van der Waals surface area (Å²) in [6.45, 7) is 0. The number of hydrogen-bond donors (Lipinski definition) is 0. The van der Waals surface area contributed by atoms with Gasteiger partial charge in [-0.15, -0.1) is 24.2 Å². The quantitative estimate of drug-likeness (QED) is 0.700. The van der Waals surface area contributed by atoms with Gasteiger partial charge in [0.1, 0.15) is 0 Å². The maximum atomic E-state index is 12.8. The van der Waals surface area contributed by atoms with Gasteiger partial charge < -0.3 is 4.90 Å². The number of halogens is 2. The highest BCUT2D eigenvalue weighted by atomic mass is 35.5. The van der Waals surface area contributed by atoms with Gasteiger partial charge in [0.05, 0.1) is 0 Å². The second-order valence-electron chi connectivity index (χ2n) is 6.05. The molecule has 3 rings (SSSR count). The molecule has 0 saturated heterocycles. The zero-order valence-electron chi connectivity index (χ0n) is 14.3. The van der Waals surface area contributed by atoms with Gasteiger partial charge in [-0.1, -0.05) is 41.9 Å². The summed E-state index contributed by atoms with van der Waals surface area (Å²) in [7, 11) is 3.64. The summed E-state index contributed by atoms with van der Waals surface area (Å²) in [6, 6.07) is 16.3. The second-order valence-corrected chi connectivity index (χ2v) is 7.63. The Morgan fingerprint density at radius 3 is 2.48 bits per heavy atom. The van der Waals surface area contributed by atoms with Gasteiger partial charge in [-0.05, 0) is 47.7 Å². The lowest BCUT2D eigenvalue weighted by atomic mass is 9.91. The van der Waals surface area contributed by atoms with E-state index in [0.717, 1.165) is 34.8 Å². The van der Waals surface area contributed by atoms with Crippen molar-refractivity contribution in [1.29, 1.82) is 0 Å².